The van der Waals surface area contributed by atoms with Crippen LogP contribution in [-0.4, -0.2) is 52.9 Å². The molecule has 0 unspecified atom stereocenters. The van der Waals surface area contributed by atoms with Crippen LogP contribution in [0.5, 0.6) is 0 Å². The van der Waals surface area contributed by atoms with Gasteiger partial charge in [-0.25, -0.2) is 4.79 Å². The molecule has 0 rings (SSSR count). The molecule has 0 saturated carbocycles. The number of rotatable bonds is 7. The molecule has 0 aromatic carbocycles. The number of carbonyl (C=O) groups excluding carboxylic acids is 1. The van der Waals surface area contributed by atoms with Gasteiger partial charge in [0.05, 0.1) is 6.61 Å². The molecule has 6 nitrogen and oxygen atoms in total. The molecule has 2 amide bonds. The van der Waals surface area contributed by atoms with Gasteiger partial charge < -0.3 is 20.4 Å². The summed E-state index contributed by atoms with van der Waals surface area (Å²) < 4.78 is 0. The van der Waals surface area contributed by atoms with Crippen molar-refractivity contribution in [2.75, 3.05) is 19.7 Å². The average molecular weight is 232 g/mol. The van der Waals surface area contributed by atoms with Crippen LogP contribution >= 0.6 is 0 Å². The third-order valence-electron chi connectivity index (χ3n) is 2.15. The van der Waals surface area contributed by atoms with Crippen molar-refractivity contribution in [3.05, 3.63) is 0 Å². The molecule has 0 fully saturated rings. The second kappa shape index (κ2) is 7.92. The Morgan fingerprint density at radius 1 is 1.38 bits per heavy atom. The molecular weight excluding hydrogens is 212 g/mol. The SMILES string of the molecule is CCCCN(CCO)C(=O)N[C@H](C)C(=O)O. The largest absolute Gasteiger partial charge is 0.480 e. The van der Waals surface area contributed by atoms with Crippen molar-refractivity contribution in [1.82, 2.24) is 10.2 Å². The van der Waals surface area contributed by atoms with E-state index < -0.39 is 18.0 Å². The Morgan fingerprint density at radius 3 is 2.44 bits per heavy atom. The third-order valence-corrected chi connectivity index (χ3v) is 2.15. The van der Waals surface area contributed by atoms with Gasteiger partial charge in [-0.05, 0) is 13.3 Å². The first kappa shape index (κ1) is 14.7. The first-order chi connectivity index (χ1) is 7.52. The van der Waals surface area contributed by atoms with Crippen molar-refractivity contribution in [2.45, 2.75) is 32.7 Å². The van der Waals surface area contributed by atoms with Crippen LogP contribution < -0.4 is 5.32 Å². The third kappa shape index (κ3) is 5.55. The van der Waals surface area contributed by atoms with E-state index >= 15 is 0 Å². The Balaban J connectivity index is 4.20. The summed E-state index contributed by atoms with van der Waals surface area (Å²) in [6.07, 6.45) is 1.76. The number of carbonyl (C=O) groups is 2. The maximum absolute atomic E-state index is 11.6. The standard InChI is InChI=1S/C10H20N2O4/c1-3-4-5-12(6-7-13)10(16)11-8(2)9(14)15/h8,13H,3-7H2,1-2H3,(H,11,16)(H,14,15)/t8-/m1/s1. The lowest BCUT2D eigenvalue weighted by Gasteiger charge is -2.23. The molecule has 6 heteroatoms. The number of aliphatic carboxylic acids is 1. The molecule has 0 heterocycles. The van der Waals surface area contributed by atoms with Crippen molar-refractivity contribution in [2.24, 2.45) is 0 Å². The van der Waals surface area contributed by atoms with Crippen LogP contribution in [-0.2, 0) is 4.79 Å². The minimum absolute atomic E-state index is 0.126. The highest BCUT2D eigenvalue weighted by molar-refractivity contribution is 5.82. The number of aliphatic hydroxyl groups excluding tert-OH is 1. The van der Waals surface area contributed by atoms with E-state index in [0.29, 0.717) is 6.54 Å². The van der Waals surface area contributed by atoms with Crippen molar-refractivity contribution in [3.63, 3.8) is 0 Å². The molecular formula is C10H20N2O4. The van der Waals surface area contributed by atoms with Crippen LogP contribution in [0.4, 0.5) is 4.79 Å². The van der Waals surface area contributed by atoms with Gasteiger partial charge in [-0.3, -0.25) is 4.79 Å². The normalized spacial score (nSPS) is 11.9. The number of hydrogen-bond acceptors (Lipinski definition) is 3. The number of urea groups is 1. The topological polar surface area (TPSA) is 89.9 Å². The first-order valence-electron chi connectivity index (χ1n) is 5.42. The second-order valence-electron chi connectivity index (χ2n) is 3.57. The number of nitrogens with one attached hydrogen (secondary N) is 1. The van der Waals surface area contributed by atoms with E-state index in [1.54, 1.807) is 0 Å². The van der Waals surface area contributed by atoms with Crippen molar-refractivity contribution in [3.8, 4) is 0 Å². The second-order valence-corrected chi connectivity index (χ2v) is 3.57. The summed E-state index contributed by atoms with van der Waals surface area (Å²) >= 11 is 0. The Kier molecular flexibility index (Phi) is 7.28. The summed E-state index contributed by atoms with van der Waals surface area (Å²) in [6, 6.07) is -1.37. The number of carboxylic acid groups (broad SMARTS) is 1. The fourth-order valence-corrected chi connectivity index (χ4v) is 1.12. The molecule has 94 valence electrons. The highest BCUT2D eigenvalue weighted by atomic mass is 16.4. The number of aliphatic hydroxyl groups is 1. The van der Waals surface area contributed by atoms with Gasteiger partial charge in [0.2, 0.25) is 0 Å². The summed E-state index contributed by atoms with van der Waals surface area (Å²) in [5.74, 6) is -1.08. The Labute approximate surface area is 95.2 Å². The van der Waals surface area contributed by atoms with Crippen LogP contribution in [0.2, 0.25) is 0 Å². The molecule has 3 N–H and O–H groups in total. The summed E-state index contributed by atoms with van der Waals surface area (Å²) in [6.45, 7) is 4.01. The van der Waals surface area contributed by atoms with Crippen LogP contribution in [0, 0.1) is 0 Å². The Bertz CT molecular complexity index is 233. The molecule has 0 aliphatic rings. The van der Waals surface area contributed by atoms with E-state index in [-0.39, 0.29) is 13.2 Å². The number of amides is 2. The Morgan fingerprint density at radius 2 is 2.00 bits per heavy atom. The van der Waals surface area contributed by atoms with E-state index in [2.05, 4.69) is 5.32 Å². The maximum Gasteiger partial charge on any atom is 0.325 e. The number of carboxylic acids is 1. The maximum atomic E-state index is 11.6. The fraction of sp³-hybridized carbons (Fsp3) is 0.800. The van der Waals surface area contributed by atoms with Crippen molar-refractivity contribution < 1.29 is 19.8 Å². The number of nitrogens with zero attached hydrogens (tertiary/aromatic N) is 1. The van der Waals surface area contributed by atoms with Gasteiger partial charge in [0.25, 0.3) is 0 Å². The Hall–Kier alpha value is -1.30. The highest BCUT2D eigenvalue weighted by Gasteiger charge is 2.18. The lowest BCUT2D eigenvalue weighted by atomic mass is 10.3. The van der Waals surface area contributed by atoms with Crippen LogP contribution in [0.1, 0.15) is 26.7 Å². The van der Waals surface area contributed by atoms with E-state index in [0.717, 1.165) is 12.8 Å². The molecule has 0 aliphatic heterocycles. The zero-order valence-corrected chi connectivity index (χ0v) is 9.77. The van der Waals surface area contributed by atoms with Gasteiger partial charge in [0.15, 0.2) is 0 Å². The van der Waals surface area contributed by atoms with E-state index in [4.69, 9.17) is 10.2 Å². The lowest BCUT2D eigenvalue weighted by molar-refractivity contribution is -0.138. The molecule has 0 spiro atoms. The zero-order valence-electron chi connectivity index (χ0n) is 9.77. The van der Waals surface area contributed by atoms with Crippen molar-refractivity contribution in [1.29, 1.82) is 0 Å². The predicted molar refractivity (Wildman–Crippen MR) is 59.2 cm³/mol. The minimum atomic E-state index is -1.08. The monoisotopic (exact) mass is 232 g/mol. The van der Waals surface area contributed by atoms with Gasteiger partial charge in [-0.15, -0.1) is 0 Å². The smallest absolute Gasteiger partial charge is 0.325 e. The molecule has 0 aromatic heterocycles. The van der Waals surface area contributed by atoms with Gasteiger partial charge in [-0.2, -0.15) is 0 Å². The van der Waals surface area contributed by atoms with Gasteiger partial charge >= 0.3 is 12.0 Å². The average Bonchev–Trinajstić information content (AvgIpc) is 2.23. The summed E-state index contributed by atoms with van der Waals surface area (Å²) in [5, 5.41) is 19.8. The molecule has 0 saturated heterocycles. The molecule has 0 radical (unpaired) electrons. The summed E-state index contributed by atoms with van der Waals surface area (Å²) in [7, 11) is 0. The number of unbranched alkanes of at least 4 members (excludes halogenated alkanes) is 1. The van der Waals surface area contributed by atoms with Gasteiger partial charge in [0, 0.05) is 13.1 Å². The molecule has 16 heavy (non-hydrogen) atoms. The predicted octanol–water partition coefficient (Wildman–Crippen LogP) is 0.263. The molecule has 0 bridgehead atoms. The van der Waals surface area contributed by atoms with Crippen molar-refractivity contribution >= 4 is 12.0 Å². The zero-order chi connectivity index (χ0) is 12.6. The molecule has 1 atom stereocenters. The van der Waals surface area contributed by atoms with Gasteiger partial charge in [0.1, 0.15) is 6.04 Å². The molecule has 0 aromatic rings. The van der Waals surface area contributed by atoms with E-state index in [9.17, 15) is 9.59 Å². The fourth-order valence-electron chi connectivity index (χ4n) is 1.12. The lowest BCUT2D eigenvalue weighted by Crippen LogP contribution is -2.47. The van der Waals surface area contributed by atoms with Crippen LogP contribution in [0.15, 0.2) is 0 Å². The van der Waals surface area contributed by atoms with Crippen LogP contribution in [0.25, 0.3) is 0 Å². The quantitative estimate of drug-likeness (QED) is 0.587. The highest BCUT2D eigenvalue weighted by Crippen LogP contribution is 1.96. The van der Waals surface area contributed by atoms with Crippen LogP contribution in [0.3, 0.4) is 0 Å². The number of hydrogen-bond donors (Lipinski definition) is 3. The van der Waals surface area contributed by atoms with Gasteiger partial charge in [-0.1, -0.05) is 13.3 Å². The first-order valence-corrected chi connectivity index (χ1v) is 5.42. The summed E-state index contributed by atoms with van der Waals surface area (Å²) in [4.78, 5) is 23.6. The van der Waals surface area contributed by atoms with E-state index in [1.807, 2.05) is 6.92 Å². The summed E-state index contributed by atoms with van der Waals surface area (Å²) in [5.41, 5.74) is 0. The minimum Gasteiger partial charge on any atom is -0.480 e. The molecule has 0 aliphatic carbocycles. The van der Waals surface area contributed by atoms with E-state index in [1.165, 1.54) is 11.8 Å².